The van der Waals surface area contributed by atoms with Crippen LogP contribution in [0.5, 0.6) is 5.75 Å². The molecule has 1 aliphatic heterocycles. The monoisotopic (exact) mass is 446 g/mol. The van der Waals surface area contributed by atoms with Crippen LogP contribution in [0.15, 0.2) is 29.3 Å². The van der Waals surface area contributed by atoms with E-state index in [4.69, 9.17) is 9.73 Å². The van der Waals surface area contributed by atoms with E-state index in [-0.39, 0.29) is 24.0 Å². The molecule has 1 saturated heterocycles. The first-order chi connectivity index (χ1) is 11.2. The minimum atomic E-state index is 0. The molecular formula is C18H31IN4O. The van der Waals surface area contributed by atoms with E-state index in [1.807, 2.05) is 18.2 Å². The Kier molecular flexibility index (Phi) is 10.1. The summed E-state index contributed by atoms with van der Waals surface area (Å²) < 4.78 is 5.39. The van der Waals surface area contributed by atoms with Crippen LogP contribution < -0.4 is 15.4 Å². The van der Waals surface area contributed by atoms with E-state index in [0.29, 0.717) is 12.5 Å². The van der Waals surface area contributed by atoms with Crippen LogP contribution in [0.3, 0.4) is 0 Å². The van der Waals surface area contributed by atoms with E-state index < -0.39 is 0 Å². The smallest absolute Gasteiger partial charge is 0.191 e. The Morgan fingerprint density at radius 3 is 2.83 bits per heavy atom. The van der Waals surface area contributed by atoms with Gasteiger partial charge < -0.3 is 20.3 Å². The normalized spacial score (nSPS) is 18.6. The van der Waals surface area contributed by atoms with Crippen LogP contribution in [0.4, 0.5) is 0 Å². The lowest BCUT2D eigenvalue weighted by molar-refractivity contribution is 0.210. The van der Waals surface area contributed by atoms with E-state index in [0.717, 1.165) is 30.4 Å². The topological polar surface area (TPSA) is 48.9 Å². The number of ether oxygens (including phenoxy) is 1. The lowest BCUT2D eigenvalue weighted by Gasteiger charge is -2.30. The number of benzene rings is 1. The zero-order valence-electron chi connectivity index (χ0n) is 15.0. The van der Waals surface area contributed by atoms with Gasteiger partial charge in [0.25, 0.3) is 0 Å². The van der Waals surface area contributed by atoms with Gasteiger partial charge in [-0.25, -0.2) is 4.99 Å². The zero-order valence-corrected chi connectivity index (χ0v) is 17.4. The van der Waals surface area contributed by atoms with Crippen LogP contribution in [0.1, 0.15) is 25.3 Å². The van der Waals surface area contributed by atoms with Crippen LogP contribution in [0, 0.1) is 5.92 Å². The number of piperidine rings is 1. The highest BCUT2D eigenvalue weighted by molar-refractivity contribution is 14.0. The maximum Gasteiger partial charge on any atom is 0.191 e. The lowest BCUT2D eigenvalue weighted by atomic mass is 9.99. The molecular weight excluding hydrogens is 415 g/mol. The standard InChI is InChI=1S/C18H30N4O.HI/c1-4-19-18(20-12-15-8-7-11-22(2)14-15)21-13-16-9-5-6-10-17(16)23-3;/h5-6,9-10,15H,4,7-8,11-14H2,1-3H3,(H2,19,20,21);1H. The fraction of sp³-hybridized carbons (Fsp3) is 0.611. The molecule has 2 N–H and O–H groups in total. The maximum absolute atomic E-state index is 5.39. The summed E-state index contributed by atoms with van der Waals surface area (Å²) in [4.78, 5) is 7.11. The SMILES string of the molecule is CCNC(=NCc1ccccc1OC)NCC1CCCN(C)C1.I. The van der Waals surface area contributed by atoms with Gasteiger partial charge in [-0.2, -0.15) is 0 Å². The third-order valence-corrected chi connectivity index (χ3v) is 4.22. The Labute approximate surface area is 163 Å². The summed E-state index contributed by atoms with van der Waals surface area (Å²) in [7, 11) is 3.90. The van der Waals surface area contributed by atoms with Crippen molar-refractivity contribution < 1.29 is 4.74 Å². The molecule has 0 amide bonds. The second kappa shape index (κ2) is 11.5. The molecule has 0 spiro atoms. The summed E-state index contributed by atoms with van der Waals surface area (Å²) in [6.45, 7) is 6.93. The van der Waals surface area contributed by atoms with Crippen LogP contribution in [0.25, 0.3) is 0 Å². The van der Waals surface area contributed by atoms with Gasteiger partial charge in [-0.3, -0.25) is 0 Å². The van der Waals surface area contributed by atoms with Crippen molar-refractivity contribution in [3.63, 3.8) is 0 Å². The number of hydrogen-bond acceptors (Lipinski definition) is 3. The highest BCUT2D eigenvalue weighted by Gasteiger charge is 2.17. The van der Waals surface area contributed by atoms with Gasteiger partial charge in [0.15, 0.2) is 5.96 Å². The molecule has 1 unspecified atom stereocenters. The summed E-state index contributed by atoms with van der Waals surface area (Å²) in [6.07, 6.45) is 2.58. The minimum Gasteiger partial charge on any atom is -0.496 e. The summed E-state index contributed by atoms with van der Waals surface area (Å²) >= 11 is 0. The van der Waals surface area contributed by atoms with Crippen molar-refractivity contribution in [2.24, 2.45) is 10.9 Å². The molecule has 0 bridgehead atoms. The predicted octanol–water partition coefficient (Wildman–Crippen LogP) is 2.71. The maximum atomic E-state index is 5.39. The van der Waals surface area contributed by atoms with E-state index >= 15 is 0 Å². The zero-order chi connectivity index (χ0) is 16.5. The van der Waals surface area contributed by atoms with Crippen molar-refractivity contribution >= 4 is 29.9 Å². The van der Waals surface area contributed by atoms with Crippen molar-refractivity contribution in [3.8, 4) is 5.75 Å². The number of methoxy groups -OCH3 is 1. The van der Waals surface area contributed by atoms with Crippen LogP contribution in [-0.2, 0) is 6.54 Å². The molecule has 24 heavy (non-hydrogen) atoms. The molecule has 5 nitrogen and oxygen atoms in total. The number of likely N-dealkylation sites (tertiary alicyclic amines) is 1. The van der Waals surface area contributed by atoms with Gasteiger partial charge in [-0.05, 0) is 45.3 Å². The highest BCUT2D eigenvalue weighted by atomic mass is 127. The molecule has 136 valence electrons. The van der Waals surface area contributed by atoms with Crippen molar-refractivity contribution in [1.82, 2.24) is 15.5 Å². The van der Waals surface area contributed by atoms with Gasteiger partial charge in [-0.1, -0.05) is 18.2 Å². The average Bonchev–Trinajstić information content (AvgIpc) is 2.57. The number of rotatable bonds is 6. The fourth-order valence-electron chi connectivity index (χ4n) is 3.02. The number of aliphatic imine (C=N–C) groups is 1. The van der Waals surface area contributed by atoms with Crippen LogP contribution in [0.2, 0.25) is 0 Å². The Balaban J connectivity index is 0.00000288. The fourth-order valence-corrected chi connectivity index (χ4v) is 3.02. The van der Waals surface area contributed by atoms with E-state index in [2.05, 4.69) is 35.6 Å². The third kappa shape index (κ3) is 6.84. The molecule has 1 atom stereocenters. The molecule has 1 fully saturated rings. The molecule has 0 radical (unpaired) electrons. The van der Waals surface area contributed by atoms with Crippen LogP contribution >= 0.6 is 24.0 Å². The molecule has 6 heteroatoms. The van der Waals surface area contributed by atoms with Gasteiger partial charge in [0.2, 0.25) is 0 Å². The Morgan fingerprint density at radius 1 is 1.33 bits per heavy atom. The first kappa shape index (κ1) is 21.0. The molecule has 1 heterocycles. The molecule has 0 aliphatic carbocycles. The molecule has 1 aromatic rings. The predicted molar refractivity (Wildman–Crippen MR) is 111 cm³/mol. The van der Waals surface area contributed by atoms with Gasteiger partial charge in [0, 0.05) is 25.2 Å². The molecule has 1 aliphatic rings. The Morgan fingerprint density at radius 2 is 2.12 bits per heavy atom. The van der Waals surface area contributed by atoms with E-state index in [9.17, 15) is 0 Å². The summed E-state index contributed by atoms with van der Waals surface area (Å²) in [5, 5.41) is 6.82. The second-order valence-corrected chi connectivity index (χ2v) is 6.16. The summed E-state index contributed by atoms with van der Waals surface area (Å²) in [5.41, 5.74) is 1.10. The Bertz CT molecular complexity index is 510. The number of guanidine groups is 1. The number of para-hydroxylation sites is 1. The average molecular weight is 446 g/mol. The van der Waals surface area contributed by atoms with Gasteiger partial charge in [0.1, 0.15) is 5.75 Å². The number of hydrogen-bond donors (Lipinski definition) is 2. The van der Waals surface area contributed by atoms with Gasteiger partial charge in [0.05, 0.1) is 13.7 Å². The molecule has 0 aromatic heterocycles. The Hall–Kier alpha value is -1.02. The number of nitrogens with zero attached hydrogens (tertiary/aromatic N) is 2. The van der Waals surface area contributed by atoms with Gasteiger partial charge >= 0.3 is 0 Å². The summed E-state index contributed by atoms with van der Waals surface area (Å²) in [5.74, 6) is 2.47. The first-order valence-electron chi connectivity index (χ1n) is 8.55. The van der Waals surface area contributed by atoms with E-state index in [1.54, 1.807) is 7.11 Å². The molecule has 1 aromatic carbocycles. The number of halogens is 1. The largest absolute Gasteiger partial charge is 0.496 e. The third-order valence-electron chi connectivity index (χ3n) is 4.22. The number of nitrogens with one attached hydrogen (secondary N) is 2. The summed E-state index contributed by atoms with van der Waals surface area (Å²) in [6, 6.07) is 8.03. The molecule has 2 rings (SSSR count). The van der Waals surface area contributed by atoms with Crippen molar-refractivity contribution in [2.45, 2.75) is 26.3 Å². The minimum absolute atomic E-state index is 0. The van der Waals surface area contributed by atoms with Crippen molar-refractivity contribution in [2.75, 3.05) is 40.3 Å². The van der Waals surface area contributed by atoms with Gasteiger partial charge in [-0.15, -0.1) is 24.0 Å². The van der Waals surface area contributed by atoms with Crippen LogP contribution in [-0.4, -0.2) is 51.2 Å². The quantitative estimate of drug-likeness (QED) is 0.401. The van der Waals surface area contributed by atoms with Crippen molar-refractivity contribution in [1.29, 1.82) is 0 Å². The lowest BCUT2D eigenvalue weighted by Crippen LogP contribution is -2.43. The first-order valence-corrected chi connectivity index (χ1v) is 8.55. The second-order valence-electron chi connectivity index (χ2n) is 6.16. The highest BCUT2D eigenvalue weighted by Crippen LogP contribution is 2.18. The van der Waals surface area contributed by atoms with E-state index in [1.165, 1.54) is 25.9 Å². The van der Waals surface area contributed by atoms with Crippen molar-refractivity contribution in [3.05, 3.63) is 29.8 Å². The molecule has 0 saturated carbocycles.